The van der Waals surface area contributed by atoms with Gasteiger partial charge in [-0.3, -0.25) is 5.11 Å². The second-order valence-corrected chi connectivity index (χ2v) is 2.20. The summed E-state index contributed by atoms with van der Waals surface area (Å²) in [5, 5.41) is 36.7. The molecule has 4 nitrogen and oxygen atoms in total. The molecule has 0 aliphatic carbocycles. The van der Waals surface area contributed by atoms with E-state index >= 15 is 0 Å². The van der Waals surface area contributed by atoms with Crippen molar-refractivity contribution in [2.24, 2.45) is 0 Å². The Morgan fingerprint density at radius 3 is 2.00 bits per heavy atom. The predicted molar refractivity (Wildman–Crippen MR) is 40.7 cm³/mol. The van der Waals surface area contributed by atoms with Crippen LogP contribution < -0.4 is 0 Å². The van der Waals surface area contributed by atoms with E-state index in [-0.39, 0.29) is 16.7 Å². The minimum absolute atomic E-state index is 0.0543. The van der Waals surface area contributed by atoms with Crippen LogP contribution in [-0.2, 0) is 5.11 Å². The molecule has 0 bridgehead atoms. The third-order valence-corrected chi connectivity index (χ3v) is 1.51. The molecular formula is C9H2N3O. The van der Waals surface area contributed by atoms with Crippen LogP contribution in [0.2, 0.25) is 0 Å². The molecule has 0 aliphatic heterocycles. The van der Waals surface area contributed by atoms with Crippen molar-refractivity contribution in [3.8, 4) is 24.0 Å². The molecule has 1 aromatic rings. The third kappa shape index (κ3) is 1.27. The third-order valence-electron chi connectivity index (χ3n) is 1.51. The molecule has 0 saturated heterocycles. The summed E-state index contributed by atoms with van der Waals surface area (Å²) in [5.74, 6) is -0.530. The fraction of sp³-hybridized carbons (Fsp3) is 0. The monoisotopic (exact) mass is 168 g/mol. The molecule has 0 fully saturated rings. The van der Waals surface area contributed by atoms with Crippen LogP contribution in [0.5, 0.6) is 5.75 Å². The van der Waals surface area contributed by atoms with Gasteiger partial charge in [-0.25, -0.2) is 0 Å². The van der Waals surface area contributed by atoms with E-state index in [1.165, 1.54) is 6.07 Å². The zero-order chi connectivity index (χ0) is 9.84. The van der Waals surface area contributed by atoms with Gasteiger partial charge in [-0.2, -0.15) is 15.8 Å². The summed E-state index contributed by atoms with van der Waals surface area (Å²) in [4.78, 5) is 0. The molecule has 13 heavy (non-hydrogen) atoms. The van der Waals surface area contributed by atoms with Crippen LogP contribution in [-0.4, -0.2) is 0 Å². The van der Waals surface area contributed by atoms with Gasteiger partial charge in [-0.1, -0.05) is 0 Å². The van der Waals surface area contributed by atoms with E-state index in [0.29, 0.717) is 0 Å². The van der Waals surface area contributed by atoms with Gasteiger partial charge in [-0.15, -0.1) is 0 Å². The van der Waals surface area contributed by atoms with Gasteiger partial charge >= 0.3 is 0 Å². The lowest BCUT2D eigenvalue weighted by Crippen LogP contribution is -1.89. The SMILES string of the molecule is N#Cc1ccc([O])c(C#N)c1C#N. The van der Waals surface area contributed by atoms with Crippen molar-refractivity contribution in [1.82, 2.24) is 0 Å². The summed E-state index contributed by atoms with van der Waals surface area (Å²) < 4.78 is 0. The molecule has 0 saturated carbocycles. The summed E-state index contributed by atoms with van der Waals surface area (Å²) in [7, 11) is 0. The van der Waals surface area contributed by atoms with Crippen LogP contribution in [0.1, 0.15) is 16.7 Å². The van der Waals surface area contributed by atoms with Crippen molar-refractivity contribution in [1.29, 1.82) is 15.8 Å². The molecule has 1 aromatic carbocycles. The molecule has 0 amide bonds. The van der Waals surface area contributed by atoms with Crippen LogP contribution in [0.3, 0.4) is 0 Å². The van der Waals surface area contributed by atoms with Gasteiger partial charge in [0.2, 0.25) is 0 Å². The summed E-state index contributed by atoms with van der Waals surface area (Å²) in [6.45, 7) is 0. The van der Waals surface area contributed by atoms with Crippen LogP contribution in [0, 0.1) is 34.0 Å². The van der Waals surface area contributed by atoms with Crippen LogP contribution in [0.4, 0.5) is 0 Å². The van der Waals surface area contributed by atoms with Gasteiger partial charge in [0.1, 0.15) is 23.8 Å². The van der Waals surface area contributed by atoms with E-state index in [0.717, 1.165) is 6.07 Å². The maximum atomic E-state index is 11.0. The molecule has 0 aromatic heterocycles. The van der Waals surface area contributed by atoms with Crippen molar-refractivity contribution in [2.75, 3.05) is 0 Å². The summed E-state index contributed by atoms with van der Waals surface area (Å²) in [6.07, 6.45) is 0. The van der Waals surface area contributed by atoms with Crippen molar-refractivity contribution in [3.05, 3.63) is 28.8 Å². The summed E-state index contributed by atoms with van der Waals surface area (Å²) in [5.41, 5.74) is -0.349. The molecule has 0 heterocycles. The van der Waals surface area contributed by atoms with Crippen molar-refractivity contribution < 1.29 is 5.11 Å². The zero-order valence-corrected chi connectivity index (χ0v) is 6.40. The first-order valence-electron chi connectivity index (χ1n) is 3.29. The van der Waals surface area contributed by atoms with Gasteiger partial charge in [0, 0.05) is 0 Å². The summed E-state index contributed by atoms with van der Waals surface area (Å²) >= 11 is 0. The molecule has 0 atom stereocenters. The molecule has 0 unspecified atom stereocenters. The lowest BCUT2D eigenvalue weighted by Gasteiger charge is -1.96. The quantitative estimate of drug-likeness (QED) is 0.586. The molecule has 1 radical (unpaired) electrons. The van der Waals surface area contributed by atoms with E-state index in [2.05, 4.69) is 0 Å². The second-order valence-electron chi connectivity index (χ2n) is 2.20. The Bertz CT molecular complexity index is 471. The number of nitriles is 3. The van der Waals surface area contributed by atoms with Crippen LogP contribution in [0.25, 0.3) is 0 Å². The maximum Gasteiger partial charge on any atom is 0.197 e. The van der Waals surface area contributed by atoms with E-state index in [1.807, 2.05) is 0 Å². The smallest absolute Gasteiger partial charge is 0.197 e. The standard InChI is InChI=1S/C9H2N3O/c10-3-6-1-2-9(13)8(5-12)7(6)4-11/h1-2H. The predicted octanol–water partition coefficient (Wildman–Crippen LogP) is 1.45. The fourth-order valence-corrected chi connectivity index (χ4v) is 0.904. The summed E-state index contributed by atoms with van der Waals surface area (Å²) in [6, 6.07) is 7.35. The highest BCUT2D eigenvalue weighted by atomic mass is 16.3. The van der Waals surface area contributed by atoms with Crippen molar-refractivity contribution >= 4 is 0 Å². The molecular weight excluding hydrogens is 166 g/mol. The minimum Gasteiger partial charge on any atom is -0.288 e. The Hall–Kier alpha value is -2.51. The normalized spacial score (nSPS) is 8.08. The van der Waals surface area contributed by atoms with Crippen LogP contribution in [0.15, 0.2) is 12.1 Å². The van der Waals surface area contributed by atoms with E-state index in [1.54, 1.807) is 18.2 Å². The molecule has 4 heteroatoms. The van der Waals surface area contributed by atoms with E-state index in [9.17, 15) is 5.11 Å². The highest BCUT2D eigenvalue weighted by molar-refractivity contribution is 5.60. The van der Waals surface area contributed by atoms with Gasteiger partial charge < -0.3 is 0 Å². The Morgan fingerprint density at radius 2 is 1.54 bits per heavy atom. The van der Waals surface area contributed by atoms with Crippen LogP contribution >= 0.6 is 0 Å². The maximum absolute atomic E-state index is 11.0. The Kier molecular flexibility index (Phi) is 2.15. The molecule has 0 spiro atoms. The number of hydrogen-bond donors (Lipinski definition) is 0. The van der Waals surface area contributed by atoms with E-state index < -0.39 is 5.75 Å². The Labute approximate surface area is 74.5 Å². The molecule has 1 rings (SSSR count). The largest absolute Gasteiger partial charge is 0.288 e. The zero-order valence-electron chi connectivity index (χ0n) is 6.40. The van der Waals surface area contributed by atoms with Gasteiger partial charge in [0.05, 0.1) is 11.1 Å². The topological polar surface area (TPSA) is 91.3 Å². The van der Waals surface area contributed by atoms with Crippen molar-refractivity contribution in [2.45, 2.75) is 0 Å². The number of nitrogens with zero attached hydrogens (tertiary/aromatic N) is 3. The second kappa shape index (κ2) is 3.26. The molecule has 0 N–H and O–H groups in total. The molecule has 0 aliphatic rings. The fourth-order valence-electron chi connectivity index (χ4n) is 0.904. The number of hydrogen-bond acceptors (Lipinski definition) is 3. The van der Waals surface area contributed by atoms with Gasteiger partial charge in [0.15, 0.2) is 5.75 Å². The highest BCUT2D eigenvalue weighted by Gasteiger charge is 2.12. The van der Waals surface area contributed by atoms with Gasteiger partial charge in [-0.05, 0) is 12.1 Å². The Morgan fingerprint density at radius 1 is 0.923 bits per heavy atom. The number of rotatable bonds is 0. The first kappa shape index (κ1) is 8.59. The van der Waals surface area contributed by atoms with Crippen molar-refractivity contribution in [3.63, 3.8) is 0 Å². The minimum atomic E-state index is -0.530. The van der Waals surface area contributed by atoms with Gasteiger partial charge in [0.25, 0.3) is 0 Å². The lowest BCUT2D eigenvalue weighted by molar-refractivity contribution is 0.353. The highest BCUT2D eigenvalue weighted by Crippen LogP contribution is 2.22. The average Bonchev–Trinajstić information content (AvgIpc) is 2.17. The lowest BCUT2D eigenvalue weighted by atomic mass is 10.0. The number of benzene rings is 1. The van der Waals surface area contributed by atoms with E-state index in [4.69, 9.17) is 15.8 Å². The molecule has 59 valence electrons. The first-order valence-corrected chi connectivity index (χ1v) is 3.29. The Balaban J connectivity index is 3.63. The first-order chi connectivity index (χ1) is 6.24. The average molecular weight is 168 g/mol.